The van der Waals surface area contributed by atoms with Crippen LogP contribution >= 0.6 is 23.2 Å². The van der Waals surface area contributed by atoms with E-state index in [0.29, 0.717) is 33.8 Å². The summed E-state index contributed by atoms with van der Waals surface area (Å²) in [5, 5.41) is 12.1. The van der Waals surface area contributed by atoms with Gasteiger partial charge in [0.05, 0.1) is 10.0 Å². The van der Waals surface area contributed by atoms with Crippen LogP contribution in [0.2, 0.25) is 10.0 Å². The standard InChI is InChI=1S/C19H16Cl2N8O/c1-2-15-26-17(27-29(15)16-13(20)6-3-7-14(16)21)19(30)24-9-12-5-4-8-23-18(12)28-11-22-10-25-28/h3-8,10-11H,2,9H2,1H3,(H,24,30). The highest BCUT2D eigenvalue weighted by Crippen LogP contribution is 2.28. The van der Waals surface area contributed by atoms with E-state index in [4.69, 9.17) is 23.2 Å². The molecule has 0 atom stereocenters. The van der Waals surface area contributed by atoms with Crippen molar-refractivity contribution >= 4 is 29.1 Å². The lowest BCUT2D eigenvalue weighted by Crippen LogP contribution is -2.25. The molecule has 4 rings (SSSR count). The Morgan fingerprint density at radius 2 is 1.97 bits per heavy atom. The monoisotopic (exact) mass is 442 g/mol. The van der Waals surface area contributed by atoms with Gasteiger partial charge in [0.1, 0.15) is 24.2 Å². The van der Waals surface area contributed by atoms with Gasteiger partial charge in [0.15, 0.2) is 5.82 Å². The zero-order valence-electron chi connectivity index (χ0n) is 15.8. The van der Waals surface area contributed by atoms with Gasteiger partial charge in [0, 0.05) is 24.7 Å². The molecule has 3 heterocycles. The number of para-hydroxylation sites is 1. The van der Waals surface area contributed by atoms with Gasteiger partial charge in [-0.2, -0.15) is 5.10 Å². The Hall–Kier alpha value is -3.30. The minimum absolute atomic E-state index is 0.0223. The van der Waals surface area contributed by atoms with Crippen LogP contribution in [0.25, 0.3) is 11.5 Å². The summed E-state index contributed by atoms with van der Waals surface area (Å²) >= 11 is 12.6. The first-order valence-electron chi connectivity index (χ1n) is 9.06. The second kappa shape index (κ2) is 8.60. The molecule has 0 aliphatic carbocycles. The lowest BCUT2D eigenvalue weighted by Gasteiger charge is -2.09. The van der Waals surface area contributed by atoms with Crippen LogP contribution in [0.3, 0.4) is 0 Å². The Bertz CT molecular complexity index is 1170. The molecule has 0 aliphatic rings. The molecular formula is C19H16Cl2N8O. The fourth-order valence-electron chi connectivity index (χ4n) is 2.89. The number of aryl methyl sites for hydroxylation is 1. The number of nitrogens with zero attached hydrogens (tertiary/aromatic N) is 7. The number of carbonyl (C=O) groups excluding carboxylic acids is 1. The van der Waals surface area contributed by atoms with Crippen molar-refractivity contribution in [2.75, 3.05) is 0 Å². The van der Waals surface area contributed by atoms with Gasteiger partial charge >= 0.3 is 0 Å². The number of hydrogen-bond donors (Lipinski definition) is 1. The smallest absolute Gasteiger partial charge is 0.291 e. The van der Waals surface area contributed by atoms with Crippen molar-refractivity contribution in [3.05, 3.63) is 76.4 Å². The van der Waals surface area contributed by atoms with Gasteiger partial charge in [-0.3, -0.25) is 4.79 Å². The molecule has 3 aromatic heterocycles. The van der Waals surface area contributed by atoms with Crippen molar-refractivity contribution in [2.45, 2.75) is 19.9 Å². The molecule has 0 saturated carbocycles. The third kappa shape index (κ3) is 3.89. The number of pyridine rings is 1. The van der Waals surface area contributed by atoms with E-state index in [9.17, 15) is 4.79 Å². The lowest BCUT2D eigenvalue weighted by molar-refractivity contribution is 0.0940. The van der Waals surface area contributed by atoms with E-state index in [2.05, 4.69) is 30.5 Å². The van der Waals surface area contributed by atoms with Crippen LogP contribution in [0.1, 0.15) is 28.9 Å². The Labute approximate surface area is 181 Å². The van der Waals surface area contributed by atoms with Crippen LogP contribution in [-0.2, 0) is 13.0 Å². The summed E-state index contributed by atoms with van der Waals surface area (Å²) in [5.74, 6) is 0.736. The molecule has 9 nitrogen and oxygen atoms in total. The lowest BCUT2D eigenvalue weighted by atomic mass is 10.2. The highest BCUT2D eigenvalue weighted by molar-refractivity contribution is 6.37. The summed E-state index contributed by atoms with van der Waals surface area (Å²) in [6, 6.07) is 8.78. The maximum absolute atomic E-state index is 12.7. The molecule has 0 bridgehead atoms. The SMILES string of the molecule is CCc1nc(C(=O)NCc2cccnc2-n2cncn2)nn1-c1c(Cl)cccc1Cl. The fourth-order valence-corrected chi connectivity index (χ4v) is 3.44. The van der Waals surface area contributed by atoms with E-state index in [1.54, 1.807) is 30.5 Å². The predicted octanol–water partition coefficient (Wildman–Crippen LogP) is 3.04. The van der Waals surface area contributed by atoms with E-state index < -0.39 is 5.91 Å². The first-order valence-corrected chi connectivity index (χ1v) is 9.81. The molecule has 0 spiro atoms. The molecular weight excluding hydrogens is 427 g/mol. The molecule has 11 heteroatoms. The average molecular weight is 443 g/mol. The number of nitrogens with one attached hydrogen (secondary N) is 1. The van der Waals surface area contributed by atoms with Gasteiger partial charge in [0.25, 0.3) is 5.91 Å². The van der Waals surface area contributed by atoms with Gasteiger partial charge in [0.2, 0.25) is 5.82 Å². The van der Waals surface area contributed by atoms with Crippen molar-refractivity contribution < 1.29 is 4.79 Å². The number of hydrogen-bond acceptors (Lipinski definition) is 6. The largest absolute Gasteiger partial charge is 0.345 e. The third-order valence-electron chi connectivity index (χ3n) is 4.29. The van der Waals surface area contributed by atoms with Crippen LogP contribution in [-0.4, -0.2) is 40.4 Å². The summed E-state index contributed by atoms with van der Waals surface area (Å²) < 4.78 is 3.04. The number of halogens is 2. The minimum Gasteiger partial charge on any atom is -0.345 e. The highest BCUT2D eigenvalue weighted by Gasteiger charge is 2.20. The Kier molecular flexibility index (Phi) is 5.73. The van der Waals surface area contributed by atoms with E-state index in [-0.39, 0.29) is 12.4 Å². The first-order chi connectivity index (χ1) is 14.6. The van der Waals surface area contributed by atoms with Gasteiger partial charge in [-0.25, -0.2) is 24.3 Å². The van der Waals surface area contributed by atoms with E-state index in [1.807, 2.05) is 13.0 Å². The molecule has 0 fully saturated rings. The second-order valence-corrected chi connectivity index (χ2v) is 7.01. The number of amides is 1. The highest BCUT2D eigenvalue weighted by atomic mass is 35.5. The van der Waals surface area contributed by atoms with Crippen molar-refractivity contribution in [2.24, 2.45) is 0 Å². The van der Waals surface area contributed by atoms with E-state index in [1.165, 1.54) is 22.0 Å². The summed E-state index contributed by atoms with van der Waals surface area (Å²) in [6.07, 6.45) is 5.14. The maximum Gasteiger partial charge on any atom is 0.291 e. The molecule has 30 heavy (non-hydrogen) atoms. The molecule has 1 amide bonds. The number of benzene rings is 1. The van der Waals surface area contributed by atoms with Crippen molar-refractivity contribution in [3.63, 3.8) is 0 Å². The zero-order chi connectivity index (χ0) is 21.1. The van der Waals surface area contributed by atoms with Crippen LogP contribution in [0, 0.1) is 0 Å². The molecule has 0 radical (unpaired) electrons. The van der Waals surface area contributed by atoms with Gasteiger partial charge < -0.3 is 5.32 Å². The maximum atomic E-state index is 12.7. The Morgan fingerprint density at radius 3 is 2.67 bits per heavy atom. The molecule has 4 aromatic rings. The summed E-state index contributed by atoms with van der Waals surface area (Å²) in [5.41, 5.74) is 1.26. The first kappa shape index (κ1) is 20.0. The van der Waals surface area contributed by atoms with Crippen molar-refractivity contribution in [1.82, 2.24) is 39.8 Å². The van der Waals surface area contributed by atoms with Crippen LogP contribution < -0.4 is 5.32 Å². The number of rotatable bonds is 6. The zero-order valence-corrected chi connectivity index (χ0v) is 17.3. The van der Waals surface area contributed by atoms with Crippen molar-refractivity contribution in [3.8, 4) is 11.5 Å². The average Bonchev–Trinajstić information content (AvgIpc) is 3.42. The molecule has 1 N–H and O–H groups in total. The normalized spacial score (nSPS) is 10.9. The Balaban J connectivity index is 1.58. The van der Waals surface area contributed by atoms with E-state index >= 15 is 0 Å². The quantitative estimate of drug-likeness (QED) is 0.492. The van der Waals surface area contributed by atoms with Crippen LogP contribution in [0.4, 0.5) is 0 Å². The molecule has 0 saturated heterocycles. The molecule has 0 unspecified atom stereocenters. The summed E-state index contributed by atoms with van der Waals surface area (Å²) in [7, 11) is 0. The number of carbonyl (C=O) groups is 1. The fraction of sp³-hybridized carbons (Fsp3) is 0.158. The molecule has 152 valence electrons. The van der Waals surface area contributed by atoms with Crippen LogP contribution in [0.15, 0.2) is 49.2 Å². The van der Waals surface area contributed by atoms with Crippen LogP contribution in [0.5, 0.6) is 0 Å². The Morgan fingerprint density at radius 1 is 1.17 bits per heavy atom. The van der Waals surface area contributed by atoms with Gasteiger partial charge in [-0.05, 0) is 18.2 Å². The van der Waals surface area contributed by atoms with Gasteiger partial charge in [-0.1, -0.05) is 42.3 Å². The molecule has 1 aromatic carbocycles. The second-order valence-electron chi connectivity index (χ2n) is 6.20. The topological polar surface area (TPSA) is 103 Å². The van der Waals surface area contributed by atoms with Gasteiger partial charge in [-0.15, -0.1) is 5.10 Å². The minimum atomic E-state index is -0.431. The summed E-state index contributed by atoms with van der Waals surface area (Å²) in [6.45, 7) is 2.12. The van der Waals surface area contributed by atoms with Crippen molar-refractivity contribution in [1.29, 1.82) is 0 Å². The third-order valence-corrected chi connectivity index (χ3v) is 4.90. The van der Waals surface area contributed by atoms with E-state index in [0.717, 1.165) is 5.56 Å². The predicted molar refractivity (Wildman–Crippen MR) is 111 cm³/mol. The molecule has 0 aliphatic heterocycles. The number of aromatic nitrogens is 7. The summed E-state index contributed by atoms with van der Waals surface area (Å²) in [4.78, 5) is 25.3.